The normalized spacial score (nSPS) is 18.6. The van der Waals surface area contributed by atoms with E-state index >= 15 is 0 Å². The number of hydrogen-bond acceptors (Lipinski definition) is 3. The van der Waals surface area contributed by atoms with Crippen LogP contribution in [0.3, 0.4) is 0 Å². The molecule has 1 aliphatic heterocycles. The second-order valence-electron chi connectivity index (χ2n) is 4.54. The number of nitrogens with zero attached hydrogens (tertiary/aromatic N) is 1. The lowest BCUT2D eigenvalue weighted by atomic mass is 10.1. The van der Waals surface area contributed by atoms with Crippen LogP contribution in [-0.4, -0.2) is 29.1 Å². The van der Waals surface area contributed by atoms with Gasteiger partial charge < -0.3 is 10.4 Å². The molecule has 2 N–H and O–H groups in total. The van der Waals surface area contributed by atoms with Crippen LogP contribution in [0.25, 0.3) is 0 Å². The van der Waals surface area contributed by atoms with Crippen molar-refractivity contribution in [2.45, 2.75) is 26.3 Å². The van der Waals surface area contributed by atoms with Crippen LogP contribution in [0.15, 0.2) is 18.2 Å². The van der Waals surface area contributed by atoms with Gasteiger partial charge in [-0.25, -0.2) is 9.69 Å². The zero-order valence-corrected chi connectivity index (χ0v) is 10.6. The van der Waals surface area contributed by atoms with Crippen molar-refractivity contribution >= 4 is 23.6 Å². The zero-order valence-electron chi connectivity index (χ0n) is 10.6. The molecule has 1 fully saturated rings. The molecule has 100 valence electrons. The first kappa shape index (κ1) is 13.1. The molecular weight excluding hydrogens is 248 g/mol. The quantitative estimate of drug-likeness (QED) is 0.801. The third kappa shape index (κ3) is 2.42. The van der Waals surface area contributed by atoms with Gasteiger partial charge in [0.05, 0.1) is 12.1 Å². The average molecular weight is 262 g/mol. The van der Waals surface area contributed by atoms with Crippen LogP contribution >= 0.6 is 0 Å². The number of carboxylic acids is 1. The molecule has 0 aromatic heterocycles. The number of carbonyl (C=O) groups is 3. The topological polar surface area (TPSA) is 86.7 Å². The molecule has 1 heterocycles. The largest absolute Gasteiger partial charge is 0.481 e. The Morgan fingerprint density at radius 2 is 2.00 bits per heavy atom. The van der Waals surface area contributed by atoms with Gasteiger partial charge in [-0.05, 0) is 37.1 Å². The minimum absolute atomic E-state index is 0.411. The van der Waals surface area contributed by atoms with Crippen molar-refractivity contribution in [3.05, 3.63) is 29.3 Å². The SMILES string of the molecule is Cc1ccc(N2C(=O)N[C@@H](CC(=O)O)C2=O)cc1C. The number of urea groups is 1. The van der Waals surface area contributed by atoms with Gasteiger partial charge in [0, 0.05) is 0 Å². The molecule has 2 rings (SSSR count). The second-order valence-corrected chi connectivity index (χ2v) is 4.54. The van der Waals surface area contributed by atoms with Crippen LogP contribution in [0, 0.1) is 13.8 Å². The minimum Gasteiger partial charge on any atom is -0.481 e. The Kier molecular flexibility index (Phi) is 3.25. The number of aryl methyl sites for hydroxylation is 2. The maximum Gasteiger partial charge on any atom is 0.329 e. The van der Waals surface area contributed by atoms with Gasteiger partial charge in [-0.1, -0.05) is 6.07 Å². The van der Waals surface area contributed by atoms with Gasteiger partial charge in [0.1, 0.15) is 6.04 Å². The molecule has 6 nitrogen and oxygen atoms in total. The second kappa shape index (κ2) is 4.72. The lowest BCUT2D eigenvalue weighted by molar-refractivity contribution is -0.139. The predicted molar refractivity (Wildman–Crippen MR) is 68.0 cm³/mol. The molecule has 3 amide bonds. The molecule has 0 bridgehead atoms. The fourth-order valence-corrected chi connectivity index (χ4v) is 1.95. The number of rotatable bonds is 3. The summed E-state index contributed by atoms with van der Waals surface area (Å²) in [5.41, 5.74) is 2.47. The Labute approximate surface area is 110 Å². The Morgan fingerprint density at radius 3 is 2.58 bits per heavy atom. The van der Waals surface area contributed by atoms with Gasteiger partial charge in [0.25, 0.3) is 5.91 Å². The van der Waals surface area contributed by atoms with Crippen LogP contribution in [0.4, 0.5) is 10.5 Å². The summed E-state index contributed by atoms with van der Waals surface area (Å²) in [7, 11) is 0. The molecule has 1 aromatic carbocycles. The first-order valence-corrected chi connectivity index (χ1v) is 5.83. The number of hydrogen-bond donors (Lipinski definition) is 2. The average Bonchev–Trinajstić information content (AvgIpc) is 2.58. The summed E-state index contributed by atoms with van der Waals surface area (Å²) in [5, 5.41) is 11.1. The van der Waals surface area contributed by atoms with E-state index < -0.39 is 30.4 Å². The Balaban J connectivity index is 2.29. The molecule has 0 unspecified atom stereocenters. The van der Waals surface area contributed by atoms with Crippen LogP contribution in [0.2, 0.25) is 0 Å². The fourth-order valence-electron chi connectivity index (χ4n) is 1.95. The molecule has 6 heteroatoms. The minimum atomic E-state index is -1.12. The Bertz CT molecular complexity index is 568. The molecule has 0 spiro atoms. The lowest BCUT2D eigenvalue weighted by Gasteiger charge is -2.14. The molecular formula is C13H14N2O4. The van der Waals surface area contributed by atoms with E-state index in [4.69, 9.17) is 5.11 Å². The summed E-state index contributed by atoms with van der Waals surface area (Å²) in [6, 6.07) is 3.64. The van der Waals surface area contributed by atoms with Crippen molar-refractivity contribution in [1.82, 2.24) is 5.32 Å². The van der Waals surface area contributed by atoms with Crippen LogP contribution in [0.5, 0.6) is 0 Å². The van der Waals surface area contributed by atoms with E-state index in [1.165, 1.54) is 0 Å². The number of imide groups is 1. The van der Waals surface area contributed by atoms with Crippen LogP contribution < -0.4 is 10.2 Å². The Morgan fingerprint density at radius 1 is 1.32 bits per heavy atom. The van der Waals surface area contributed by atoms with Crippen molar-refractivity contribution in [2.75, 3.05) is 4.90 Å². The van der Waals surface area contributed by atoms with E-state index in [-0.39, 0.29) is 0 Å². The number of aliphatic carboxylic acids is 1. The lowest BCUT2D eigenvalue weighted by Crippen LogP contribution is -2.32. The van der Waals surface area contributed by atoms with Crippen molar-refractivity contribution in [1.29, 1.82) is 0 Å². The number of carbonyl (C=O) groups excluding carboxylic acids is 2. The zero-order chi connectivity index (χ0) is 14.2. The maximum atomic E-state index is 12.0. The van der Waals surface area contributed by atoms with Gasteiger partial charge in [0.2, 0.25) is 0 Å². The maximum absolute atomic E-state index is 12.0. The molecule has 1 aromatic rings. The van der Waals surface area contributed by atoms with Crippen molar-refractivity contribution in [3.8, 4) is 0 Å². The van der Waals surface area contributed by atoms with Crippen LogP contribution in [-0.2, 0) is 9.59 Å². The summed E-state index contributed by atoms with van der Waals surface area (Å²) in [5.74, 6) is -1.66. The van der Waals surface area contributed by atoms with Gasteiger partial charge in [-0.2, -0.15) is 0 Å². The standard InChI is InChI=1S/C13H14N2O4/c1-7-3-4-9(5-8(7)2)15-12(18)10(6-11(16)17)14-13(15)19/h3-5,10H,6H2,1-2H3,(H,14,19)(H,16,17)/t10-/m0/s1. The first-order valence-electron chi connectivity index (χ1n) is 5.83. The van der Waals surface area contributed by atoms with Crippen LogP contribution in [0.1, 0.15) is 17.5 Å². The highest BCUT2D eigenvalue weighted by Gasteiger charge is 2.40. The van der Waals surface area contributed by atoms with Gasteiger partial charge in [-0.3, -0.25) is 9.59 Å². The number of benzene rings is 1. The molecule has 1 atom stereocenters. The summed E-state index contributed by atoms with van der Waals surface area (Å²) in [6.07, 6.45) is -0.411. The smallest absolute Gasteiger partial charge is 0.329 e. The van der Waals surface area contributed by atoms with E-state index in [0.717, 1.165) is 16.0 Å². The highest BCUT2D eigenvalue weighted by molar-refractivity contribution is 6.21. The molecule has 0 radical (unpaired) electrons. The van der Waals surface area contributed by atoms with Crippen molar-refractivity contribution in [2.24, 2.45) is 0 Å². The number of anilines is 1. The Hall–Kier alpha value is -2.37. The van der Waals surface area contributed by atoms with Gasteiger partial charge in [0.15, 0.2) is 0 Å². The van der Waals surface area contributed by atoms with E-state index in [2.05, 4.69) is 5.32 Å². The number of nitrogens with one attached hydrogen (secondary N) is 1. The molecule has 1 saturated heterocycles. The van der Waals surface area contributed by atoms with E-state index in [1.54, 1.807) is 12.1 Å². The molecule has 0 aliphatic carbocycles. The van der Waals surface area contributed by atoms with E-state index in [0.29, 0.717) is 5.69 Å². The summed E-state index contributed by atoms with van der Waals surface area (Å²) in [4.78, 5) is 35.4. The van der Waals surface area contributed by atoms with Gasteiger partial charge >= 0.3 is 12.0 Å². The number of amides is 3. The first-order chi connectivity index (χ1) is 8.90. The third-order valence-electron chi connectivity index (χ3n) is 3.15. The number of carboxylic acid groups (broad SMARTS) is 1. The summed E-state index contributed by atoms with van der Waals surface area (Å²) >= 11 is 0. The predicted octanol–water partition coefficient (Wildman–Crippen LogP) is 1.20. The van der Waals surface area contributed by atoms with E-state index in [9.17, 15) is 14.4 Å². The highest BCUT2D eigenvalue weighted by Crippen LogP contribution is 2.23. The monoisotopic (exact) mass is 262 g/mol. The van der Waals surface area contributed by atoms with E-state index in [1.807, 2.05) is 19.9 Å². The fraction of sp³-hybridized carbons (Fsp3) is 0.308. The van der Waals surface area contributed by atoms with Crippen molar-refractivity contribution in [3.63, 3.8) is 0 Å². The third-order valence-corrected chi connectivity index (χ3v) is 3.15. The molecule has 19 heavy (non-hydrogen) atoms. The molecule has 0 saturated carbocycles. The van der Waals surface area contributed by atoms with Gasteiger partial charge in [-0.15, -0.1) is 0 Å². The summed E-state index contributed by atoms with van der Waals surface area (Å²) < 4.78 is 0. The molecule has 1 aliphatic rings. The van der Waals surface area contributed by atoms with Crippen molar-refractivity contribution < 1.29 is 19.5 Å². The highest BCUT2D eigenvalue weighted by atomic mass is 16.4. The summed E-state index contributed by atoms with van der Waals surface area (Å²) in [6.45, 7) is 3.81.